The van der Waals surface area contributed by atoms with Crippen LogP contribution in [-0.4, -0.2) is 22.8 Å². The van der Waals surface area contributed by atoms with Gasteiger partial charge in [-0.25, -0.2) is 0 Å². The Bertz CT molecular complexity index is 987. The first kappa shape index (κ1) is 20.3. The fourth-order valence-corrected chi connectivity index (χ4v) is 4.13. The van der Waals surface area contributed by atoms with Crippen LogP contribution in [-0.2, 0) is 16.1 Å². The minimum atomic E-state index is -0.551. The number of hydrogen-bond acceptors (Lipinski definition) is 5. The predicted octanol–water partition coefficient (Wildman–Crippen LogP) is 1.64. The summed E-state index contributed by atoms with van der Waals surface area (Å²) in [5.74, 6) is -0.327. The summed E-state index contributed by atoms with van der Waals surface area (Å²) in [4.78, 5) is 38.3. The largest absolute Gasteiger partial charge is 0.355 e. The van der Waals surface area contributed by atoms with Gasteiger partial charge in [-0.05, 0) is 36.9 Å². The summed E-state index contributed by atoms with van der Waals surface area (Å²) in [6, 6.07) is 1.99. The van der Waals surface area contributed by atoms with Gasteiger partial charge in [0.15, 0.2) is 5.78 Å². The Morgan fingerprint density at radius 2 is 2.00 bits per heavy atom. The van der Waals surface area contributed by atoms with Gasteiger partial charge < -0.3 is 5.32 Å². The Morgan fingerprint density at radius 3 is 2.54 bits per heavy atom. The number of aryl methyl sites for hydroxylation is 1. The molecule has 140 valence electrons. The molecule has 0 spiro atoms. The fourth-order valence-electron chi connectivity index (χ4n) is 2.17. The number of hydrogen-bond donors (Lipinski definition) is 1. The van der Waals surface area contributed by atoms with Crippen LogP contribution in [0.3, 0.4) is 0 Å². The average molecular weight is 393 g/mol. The second-order valence-corrected chi connectivity index (χ2v) is 9.03. The van der Waals surface area contributed by atoms with Gasteiger partial charge in [0, 0.05) is 22.9 Å². The molecule has 0 aliphatic carbocycles. The van der Waals surface area contributed by atoms with Gasteiger partial charge in [0.2, 0.25) is 5.91 Å². The van der Waals surface area contributed by atoms with Crippen molar-refractivity contribution in [3.8, 4) is 0 Å². The van der Waals surface area contributed by atoms with Gasteiger partial charge >= 0.3 is 0 Å². The molecule has 7 heteroatoms. The molecule has 0 bridgehead atoms. The molecule has 2 aromatic rings. The van der Waals surface area contributed by atoms with Crippen LogP contribution in [0.1, 0.15) is 38.1 Å². The molecule has 0 atom stereocenters. The van der Waals surface area contributed by atoms with E-state index < -0.39 is 5.41 Å². The van der Waals surface area contributed by atoms with E-state index in [1.807, 2.05) is 52.1 Å². The van der Waals surface area contributed by atoms with E-state index in [9.17, 15) is 14.4 Å². The summed E-state index contributed by atoms with van der Waals surface area (Å²) in [6.07, 6.45) is 3.31. The van der Waals surface area contributed by atoms with E-state index in [0.717, 1.165) is 10.4 Å². The molecule has 0 saturated heterocycles. The van der Waals surface area contributed by atoms with Gasteiger partial charge in [-0.1, -0.05) is 20.8 Å². The number of nitrogens with one attached hydrogen (secondary N) is 1. The van der Waals surface area contributed by atoms with E-state index in [2.05, 4.69) is 5.32 Å². The Kier molecular flexibility index (Phi) is 6.36. The van der Waals surface area contributed by atoms with E-state index >= 15 is 0 Å². The average Bonchev–Trinajstić information content (AvgIpc) is 3.06. The van der Waals surface area contributed by atoms with Crippen LogP contribution in [0.15, 0.2) is 16.2 Å². The predicted molar refractivity (Wildman–Crippen MR) is 108 cm³/mol. The lowest BCUT2D eigenvalue weighted by Gasteiger charge is -2.12. The van der Waals surface area contributed by atoms with Crippen LogP contribution in [0.25, 0.3) is 12.2 Å². The fraction of sp³-hybridized carbons (Fsp3) is 0.421. The third-order valence-corrected chi connectivity index (χ3v) is 5.80. The number of rotatable bonds is 5. The number of ketones is 1. The lowest BCUT2D eigenvalue weighted by Crippen LogP contribution is -2.38. The zero-order chi connectivity index (χ0) is 19.5. The zero-order valence-corrected chi connectivity index (χ0v) is 17.3. The van der Waals surface area contributed by atoms with Crippen molar-refractivity contribution < 1.29 is 9.59 Å². The maximum Gasteiger partial charge on any atom is 0.269 e. The Balaban J connectivity index is 2.64. The standard InChI is InChI=1S/C19H24N2O3S2/c1-6-20-16(23)11-21-17(10-15(22)19(3,4)5)26-14(18(21)24)9-13-12(2)7-8-25-13/h7-10H,6,11H2,1-5H3,(H,20,23)/b14-9-,17-10-. The molecule has 0 saturated carbocycles. The molecule has 0 fully saturated rings. The van der Waals surface area contributed by atoms with Crippen LogP contribution in [0, 0.1) is 12.3 Å². The molecule has 0 unspecified atom stereocenters. The van der Waals surface area contributed by atoms with Crippen molar-refractivity contribution in [1.29, 1.82) is 0 Å². The summed E-state index contributed by atoms with van der Waals surface area (Å²) in [6.45, 7) is 9.69. The van der Waals surface area contributed by atoms with Gasteiger partial charge in [0.25, 0.3) is 5.56 Å². The Hall–Kier alpha value is -1.99. The molecule has 2 rings (SSSR count). The normalized spacial score (nSPS) is 13.3. The van der Waals surface area contributed by atoms with Crippen LogP contribution >= 0.6 is 22.7 Å². The van der Waals surface area contributed by atoms with Crippen molar-refractivity contribution in [3.63, 3.8) is 0 Å². The van der Waals surface area contributed by atoms with Gasteiger partial charge in [0.05, 0.1) is 4.53 Å². The summed E-state index contributed by atoms with van der Waals surface area (Å²) in [5.41, 5.74) is 0.293. The summed E-state index contributed by atoms with van der Waals surface area (Å²) in [5, 5.41) is 4.67. The van der Waals surface area contributed by atoms with E-state index in [0.29, 0.717) is 15.7 Å². The zero-order valence-electron chi connectivity index (χ0n) is 15.7. The van der Waals surface area contributed by atoms with E-state index in [1.165, 1.54) is 22.0 Å². The number of carbonyl (C=O) groups excluding carboxylic acids is 2. The van der Waals surface area contributed by atoms with Gasteiger partial charge in [0.1, 0.15) is 11.2 Å². The van der Waals surface area contributed by atoms with Crippen molar-refractivity contribution in [3.05, 3.63) is 41.4 Å². The first-order chi connectivity index (χ1) is 12.1. The highest BCUT2D eigenvalue weighted by atomic mass is 32.1. The van der Waals surface area contributed by atoms with Crippen LogP contribution in [0.5, 0.6) is 0 Å². The Labute approximate surface area is 160 Å². The van der Waals surface area contributed by atoms with E-state index in [-0.39, 0.29) is 23.8 Å². The van der Waals surface area contributed by atoms with Crippen LogP contribution in [0.2, 0.25) is 0 Å². The van der Waals surface area contributed by atoms with Gasteiger partial charge in [-0.15, -0.1) is 22.7 Å². The molecular weight excluding hydrogens is 368 g/mol. The smallest absolute Gasteiger partial charge is 0.269 e. The third kappa shape index (κ3) is 4.80. The number of nitrogens with zero attached hydrogens (tertiary/aromatic N) is 1. The first-order valence-electron chi connectivity index (χ1n) is 8.41. The van der Waals surface area contributed by atoms with Gasteiger partial charge in [-0.3, -0.25) is 19.0 Å². The number of carbonyl (C=O) groups is 2. The second kappa shape index (κ2) is 8.14. The first-order valence-corrected chi connectivity index (χ1v) is 10.1. The van der Waals surface area contributed by atoms with Crippen molar-refractivity contribution in [2.24, 2.45) is 5.41 Å². The molecule has 5 nitrogen and oxygen atoms in total. The van der Waals surface area contributed by atoms with Crippen LogP contribution < -0.4 is 20.1 Å². The van der Waals surface area contributed by atoms with Crippen LogP contribution in [0.4, 0.5) is 0 Å². The molecular formula is C19H24N2O3S2. The molecule has 1 N–H and O–H groups in total. The highest BCUT2D eigenvalue weighted by molar-refractivity contribution is 7.11. The molecule has 26 heavy (non-hydrogen) atoms. The maximum absolute atomic E-state index is 12.8. The summed E-state index contributed by atoms with van der Waals surface area (Å²) < 4.78 is 2.41. The van der Waals surface area contributed by atoms with E-state index in [1.54, 1.807) is 11.3 Å². The summed E-state index contributed by atoms with van der Waals surface area (Å²) >= 11 is 2.80. The van der Waals surface area contributed by atoms with E-state index in [4.69, 9.17) is 0 Å². The second-order valence-electron chi connectivity index (χ2n) is 7.02. The van der Waals surface area contributed by atoms with Crippen molar-refractivity contribution in [2.45, 2.75) is 41.2 Å². The van der Waals surface area contributed by atoms with Crippen molar-refractivity contribution >= 4 is 46.5 Å². The maximum atomic E-state index is 12.8. The number of aromatic nitrogens is 1. The number of thiazole rings is 1. The minimum Gasteiger partial charge on any atom is -0.355 e. The monoisotopic (exact) mass is 392 g/mol. The lowest BCUT2D eigenvalue weighted by molar-refractivity contribution is -0.122. The molecule has 2 aromatic heterocycles. The molecule has 0 aromatic carbocycles. The molecule has 0 aliphatic heterocycles. The number of Topliss-reactive ketones (excluding diaryl/α,β-unsaturated/α-hetero) is 1. The highest BCUT2D eigenvalue weighted by Crippen LogP contribution is 2.16. The molecule has 0 radical (unpaired) electrons. The Morgan fingerprint density at radius 1 is 1.31 bits per heavy atom. The number of amides is 1. The third-order valence-electron chi connectivity index (χ3n) is 3.77. The SMILES string of the molecule is CCNC(=O)Cn1c(=O)/c(=C/c2sccc2C)s/c1=C\C(=O)C(C)(C)C. The quantitative estimate of drug-likeness (QED) is 0.841. The number of likely N-dealkylation sites (N-methyl/N-ethyl adjacent to an activating group) is 1. The minimum absolute atomic E-state index is 0.0812. The van der Waals surface area contributed by atoms with Crippen molar-refractivity contribution in [2.75, 3.05) is 6.54 Å². The topological polar surface area (TPSA) is 68.2 Å². The molecule has 2 heterocycles. The molecule has 0 aliphatic rings. The number of thiophene rings is 1. The summed E-state index contributed by atoms with van der Waals surface area (Å²) in [7, 11) is 0. The molecule has 1 amide bonds. The van der Waals surface area contributed by atoms with Gasteiger partial charge in [-0.2, -0.15) is 0 Å². The highest BCUT2D eigenvalue weighted by Gasteiger charge is 2.20. The lowest BCUT2D eigenvalue weighted by atomic mass is 9.91. The van der Waals surface area contributed by atoms with Crippen molar-refractivity contribution in [1.82, 2.24) is 9.88 Å².